The summed E-state index contributed by atoms with van der Waals surface area (Å²) >= 11 is 5.24. The predicted molar refractivity (Wildman–Crippen MR) is 83.2 cm³/mol. The highest BCUT2D eigenvalue weighted by Crippen LogP contribution is 2.28. The highest BCUT2D eigenvalue weighted by Gasteiger charge is 2.17. The average molecular weight is 342 g/mol. The quantitative estimate of drug-likeness (QED) is 0.646. The van der Waals surface area contributed by atoms with Gasteiger partial charge in [0, 0.05) is 17.1 Å². The molecule has 3 N–H and O–H groups in total. The van der Waals surface area contributed by atoms with Gasteiger partial charge in [-0.25, -0.2) is 10.8 Å². The zero-order chi connectivity index (χ0) is 13.8. The van der Waals surface area contributed by atoms with Gasteiger partial charge in [0.2, 0.25) is 5.95 Å². The molecular weight excluding hydrogens is 326 g/mol. The minimum Gasteiger partial charge on any atom is -0.348 e. The Labute approximate surface area is 125 Å². The maximum absolute atomic E-state index is 5.37. The molecule has 102 valence electrons. The van der Waals surface area contributed by atoms with Gasteiger partial charge in [-0.2, -0.15) is 4.98 Å². The number of hydrazine groups is 1. The van der Waals surface area contributed by atoms with Crippen LogP contribution in [0.15, 0.2) is 28.2 Å². The lowest BCUT2D eigenvalue weighted by molar-refractivity contribution is 0.674. The molecule has 0 saturated carbocycles. The Morgan fingerprint density at radius 2 is 2.32 bits per heavy atom. The lowest BCUT2D eigenvalue weighted by Gasteiger charge is -2.28. The van der Waals surface area contributed by atoms with Crippen LogP contribution in [0.5, 0.6) is 0 Å². The van der Waals surface area contributed by atoms with E-state index in [9.17, 15) is 0 Å². The molecule has 0 spiro atoms. The lowest BCUT2D eigenvalue weighted by atomic mass is 10.3. The van der Waals surface area contributed by atoms with Gasteiger partial charge in [-0.3, -0.25) is 5.43 Å². The summed E-state index contributed by atoms with van der Waals surface area (Å²) in [5.41, 5.74) is 2.48. The summed E-state index contributed by atoms with van der Waals surface area (Å²) in [5.74, 6) is 6.63. The lowest BCUT2D eigenvalue weighted by Crippen LogP contribution is -2.31. The fourth-order valence-corrected chi connectivity index (χ4v) is 2.82. The van der Waals surface area contributed by atoms with E-state index in [1.807, 2.05) is 0 Å². The average Bonchev–Trinajstić information content (AvgIpc) is 2.89. The van der Waals surface area contributed by atoms with Crippen LogP contribution in [-0.4, -0.2) is 16.0 Å². The number of hydrogen-bond donors (Lipinski definition) is 2. The molecular formula is C12H16BrN5S. The van der Waals surface area contributed by atoms with Crippen molar-refractivity contribution in [1.82, 2.24) is 9.97 Å². The van der Waals surface area contributed by atoms with E-state index >= 15 is 0 Å². The third-order valence-electron chi connectivity index (χ3n) is 2.66. The van der Waals surface area contributed by atoms with Crippen LogP contribution >= 0.6 is 27.3 Å². The van der Waals surface area contributed by atoms with Crippen molar-refractivity contribution >= 4 is 39.0 Å². The molecule has 2 aromatic rings. The van der Waals surface area contributed by atoms with Crippen molar-refractivity contribution in [1.29, 1.82) is 0 Å². The molecule has 0 amide bonds. The standard InChI is InChI=1S/C12H16BrN5S/c1-8(2)18(7-9-4-3-5-19-9)11-10(13)6-15-12(16-11)17-14/h3-6,8H,7,14H2,1-2H3,(H,15,16,17). The van der Waals surface area contributed by atoms with Crippen LogP contribution in [0.1, 0.15) is 18.7 Å². The molecule has 5 nitrogen and oxygen atoms in total. The maximum atomic E-state index is 5.37. The highest BCUT2D eigenvalue weighted by atomic mass is 79.9. The number of rotatable bonds is 5. The van der Waals surface area contributed by atoms with Crippen molar-refractivity contribution < 1.29 is 0 Å². The zero-order valence-electron chi connectivity index (χ0n) is 10.8. The SMILES string of the molecule is CC(C)N(Cc1cccs1)c1nc(NN)ncc1Br. The van der Waals surface area contributed by atoms with E-state index in [-0.39, 0.29) is 0 Å². The fourth-order valence-electron chi connectivity index (χ4n) is 1.70. The molecule has 0 aliphatic heterocycles. The van der Waals surface area contributed by atoms with Gasteiger partial charge in [0.05, 0.1) is 11.0 Å². The Morgan fingerprint density at radius 1 is 1.53 bits per heavy atom. The number of nitrogens with two attached hydrogens (primary N) is 1. The van der Waals surface area contributed by atoms with Crippen LogP contribution in [0.25, 0.3) is 0 Å². The molecule has 2 aromatic heterocycles. The van der Waals surface area contributed by atoms with Crippen LogP contribution in [0.2, 0.25) is 0 Å². The van der Waals surface area contributed by atoms with E-state index < -0.39 is 0 Å². The van der Waals surface area contributed by atoms with Gasteiger partial charge in [-0.15, -0.1) is 11.3 Å². The van der Waals surface area contributed by atoms with Gasteiger partial charge in [-0.1, -0.05) is 6.07 Å². The second-order valence-corrected chi connectivity index (χ2v) is 6.20. The number of thiophene rings is 1. The fraction of sp³-hybridized carbons (Fsp3) is 0.333. The number of anilines is 2. The molecule has 2 rings (SSSR count). The largest absolute Gasteiger partial charge is 0.348 e. The third kappa shape index (κ3) is 3.43. The Morgan fingerprint density at radius 3 is 2.89 bits per heavy atom. The first kappa shape index (κ1) is 14.2. The number of aromatic nitrogens is 2. The van der Waals surface area contributed by atoms with E-state index in [1.54, 1.807) is 17.5 Å². The summed E-state index contributed by atoms with van der Waals surface area (Å²) in [6, 6.07) is 4.50. The Kier molecular flexibility index (Phi) is 4.73. The third-order valence-corrected chi connectivity index (χ3v) is 4.08. The predicted octanol–water partition coefficient (Wildman–Crippen LogP) is 3.00. The minimum absolute atomic E-state index is 0.318. The molecule has 0 radical (unpaired) electrons. The molecule has 19 heavy (non-hydrogen) atoms. The maximum Gasteiger partial charge on any atom is 0.239 e. The van der Waals surface area contributed by atoms with E-state index in [2.05, 4.69) is 67.6 Å². The molecule has 0 unspecified atom stereocenters. The zero-order valence-corrected chi connectivity index (χ0v) is 13.2. The Balaban J connectivity index is 2.33. The summed E-state index contributed by atoms with van der Waals surface area (Å²) in [6.45, 7) is 5.09. The summed E-state index contributed by atoms with van der Waals surface area (Å²) < 4.78 is 0.858. The normalized spacial score (nSPS) is 10.8. The summed E-state index contributed by atoms with van der Waals surface area (Å²) in [4.78, 5) is 12.0. The van der Waals surface area contributed by atoms with Gasteiger partial charge in [0.1, 0.15) is 5.82 Å². The van der Waals surface area contributed by atoms with Crippen molar-refractivity contribution in [2.45, 2.75) is 26.4 Å². The first-order valence-electron chi connectivity index (χ1n) is 5.90. The molecule has 0 atom stereocenters. The molecule has 0 aromatic carbocycles. The van der Waals surface area contributed by atoms with Gasteiger partial charge in [0.15, 0.2) is 0 Å². The van der Waals surface area contributed by atoms with Crippen LogP contribution < -0.4 is 16.2 Å². The van der Waals surface area contributed by atoms with Crippen molar-refractivity contribution in [2.75, 3.05) is 10.3 Å². The molecule has 0 aliphatic carbocycles. The smallest absolute Gasteiger partial charge is 0.239 e. The van der Waals surface area contributed by atoms with Crippen molar-refractivity contribution in [3.63, 3.8) is 0 Å². The van der Waals surface area contributed by atoms with Crippen LogP contribution in [0.3, 0.4) is 0 Å². The topological polar surface area (TPSA) is 67.1 Å². The molecule has 0 fully saturated rings. The molecule has 7 heteroatoms. The van der Waals surface area contributed by atoms with Gasteiger partial charge in [0.25, 0.3) is 0 Å². The first-order chi connectivity index (χ1) is 9.11. The van der Waals surface area contributed by atoms with Crippen molar-refractivity contribution in [3.8, 4) is 0 Å². The summed E-state index contributed by atoms with van der Waals surface area (Å²) in [5, 5.41) is 2.08. The molecule has 0 bridgehead atoms. The second kappa shape index (κ2) is 6.31. The van der Waals surface area contributed by atoms with Crippen LogP contribution in [0.4, 0.5) is 11.8 Å². The van der Waals surface area contributed by atoms with E-state index in [0.29, 0.717) is 12.0 Å². The Bertz CT molecular complexity index is 529. The van der Waals surface area contributed by atoms with E-state index in [4.69, 9.17) is 5.84 Å². The van der Waals surface area contributed by atoms with Crippen molar-refractivity contribution in [2.24, 2.45) is 5.84 Å². The molecule has 2 heterocycles. The Hall–Kier alpha value is -1.18. The van der Waals surface area contributed by atoms with Gasteiger partial charge in [-0.05, 0) is 41.2 Å². The monoisotopic (exact) mass is 341 g/mol. The van der Waals surface area contributed by atoms with Crippen LogP contribution in [0, 0.1) is 0 Å². The molecule has 0 aliphatic rings. The summed E-state index contributed by atoms with van der Waals surface area (Å²) in [6.07, 6.45) is 1.71. The van der Waals surface area contributed by atoms with E-state index in [1.165, 1.54) is 4.88 Å². The van der Waals surface area contributed by atoms with E-state index in [0.717, 1.165) is 16.8 Å². The van der Waals surface area contributed by atoms with Gasteiger partial charge < -0.3 is 4.90 Å². The number of hydrogen-bond acceptors (Lipinski definition) is 6. The van der Waals surface area contributed by atoms with Crippen LogP contribution in [-0.2, 0) is 6.54 Å². The number of nitrogens with one attached hydrogen (secondary N) is 1. The minimum atomic E-state index is 0.318. The van der Waals surface area contributed by atoms with Crippen molar-refractivity contribution in [3.05, 3.63) is 33.1 Å². The number of nitrogens with zero attached hydrogens (tertiary/aromatic N) is 3. The number of nitrogen functional groups attached to an aromatic ring is 1. The highest BCUT2D eigenvalue weighted by molar-refractivity contribution is 9.10. The molecule has 0 saturated heterocycles. The number of halogens is 1. The second-order valence-electron chi connectivity index (χ2n) is 4.31. The van der Waals surface area contributed by atoms with Gasteiger partial charge >= 0.3 is 0 Å². The summed E-state index contributed by atoms with van der Waals surface area (Å²) in [7, 11) is 0. The first-order valence-corrected chi connectivity index (χ1v) is 7.57.